The lowest BCUT2D eigenvalue weighted by atomic mass is 9.87. The summed E-state index contributed by atoms with van der Waals surface area (Å²) in [6.45, 7) is 4.92. The topological polar surface area (TPSA) is 48.5 Å². The second kappa shape index (κ2) is 8.33. The molecule has 148 valence electrons. The highest BCUT2D eigenvalue weighted by molar-refractivity contribution is 5.85. The minimum Gasteiger partial charge on any atom is -0.491 e. The maximum Gasteiger partial charge on any atom is 0.123 e. The monoisotopic (exact) mass is 382 g/mol. The molecule has 4 rings (SSSR count). The maximum atomic E-state index is 12.9. The molecule has 1 fully saturated rings. The molecule has 1 aliphatic heterocycles. The molecule has 0 radical (unpaired) electrons. The number of aliphatic hydroxyl groups is 1. The molecule has 0 aliphatic carbocycles. The number of aryl methyl sites for hydroxylation is 1. The molecule has 0 amide bonds. The van der Waals surface area contributed by atoms with Gasteiger partial charge < -0.3 is 19.7 Å². The van der Waals surface area contributed by atoms with Crippen LogP contribution in [0.25, 0.3) is 10.9 Å². The van der Waals surface area contributed by atoms with Gasteiger partial charge in [0.15, 0.2) is 0 Å². The maximum absolute atomic E-state index is 12.9. The lowest BCUT2D eigenvalue weighted by Crippen LogP contribution is -2.40. The summed E-state index contributed by atoms with van der Waals surface area (Å²) in [6, 6.07) is 14.4. The minimum absolute atomic E-state index is 0.215. The summed E-state index contributed by atoms with van der Waals surface area (Å²) in [7, 11) is 0. The lowest BCUT2D eigenvalue weighted by molar-refractivity contribution is 0.0594. The molecule has 1 aromatic heterocycles. The fourth-order valence-electron chi connectivity index (χ4n) is 4.30. The zero-order chi connectivity index (χ0) is 19.5. The lowest BCUT2D eigenvalue weighted by Gasteiger charge is -2.33. The van der Waals surface area contributed by atoms with Gasteiger partial charge in [-0.3, -0.25) is 0 Å². The highest BCUT2D eigenvalue weighted by atomic mass is 19.1. The fourth-order valence-corrected chi connectivity index (χ4v) is 4.30. The molecule has 0 spiro atoms. The first-order valence-electron chi connectivity index (χ1n) is 9.96. The van der Waals surface area contributed by atoms with Gasteiger partial charge in [0.25, 0.3) is 0 Å². The molecule has 28 heavy (non-hydrogen) atoms. The molecular weight excluding hydrogens is 355 g/mol. The second-order valence-electron chi connectivity index (χ2n) is 7.70. The van der Waals surface area contributed by atoms with Crippen LogP contribution in [-0.4, -0.2) is 47.3 Å². The van der Waals surface area contributed by atoms with Crippen LogP contribution in [0.1, 0.15) is 30.0 Å². The molecule has 1 aliphatic rings. The third-order valence-electron chi connectivity index (χ3n) is 5.66. The summed E-state index contributed by atoms with van der Waals surface area (Å²) in [5.74, 6) is 0.843. The van der Waals surface area contributed by atoms with Gasteiger partial charge in [0.1, 0.15) is 24.3 Å². The Morgan fingerprint density at radius 3 is 2.61 bits per heavy atom. The summed E-state index contributed by atoms with van der Waals surface area (Å²) >= 11 is 0. The van der Waals surface area contributed by atoms with Gasteiger partial charge in [-0.05, 0) is 74.7 Å². The molecule has 0 saturated carbocycles. The number of ether oxygens (including phenoxy) is 1. The standard InChI is InChI=1S/C23H27FN2O2/c1-16-23(21-4-2-3-5-22(21)25-16)17-10-12-26(13-11-17)14-19(27)15-28-20-8-6-18(24)7-9-20/h2-9,17,19,25,27H,10-15H2,1H3. The number of benzene rings is 2. The van der Waals surface area contributed by atoms with Crippen LogP contribution in [0.5, 0.6) is 5.75 Å². The van der Waals surface area contributed by atoms with E-state index in [1.807, 2.05) is 0 Å². The van der Waals surface area contributed by atoms with Crippen LogP contribution in [0.15, 0.2) is 48.5 Å². The van der Waals surface area contributed by atoms with Gasteiger partial charge in [-0.2, -0.15) is 0 Å². The van der Waals surface area contributed by atoms with Crippen molar-refractivity contribution in [3.63, 3.8) is 0 Å². The number of nitrogens with zero attached hydrogens (tertiary/aromatic N) is 1. The van der Waals surface area contributed by atoms with Crippen molar-refractivity contribution in [3.8, 4) is 5.75 Å². The number of aromatic amines is 1. The van der Waals surface area contributed by atoms with Crippen molar-refractivity contribution in [1.29, 1.82) is 0 Å². The number of β-amino-alcohol motifs (C(OH)–C–C–N with tert-alkyl or cyclic N) is 1. The number of aliphatic hydroxyl groups excluding tert-OH is 1. The predicted octanol–water partition coefficient (Wildman–Crippen LogP) is 4.23. The fraction of sp³-hybridized carbons (Fsp3) is 0.391. The summed E-state index contributed by atoms with van der Waals surface area (Å²) in [4.78, 5) is 5.81. The summed E-state index contributed by atoms with van der Waals surface area (Å²) < 4.78 is 18.5. The normalized spacial score (nSPS) is 17.1. The Kier molecular flexibility index (Phi) is 5.64. The largest absolute Gasteiger partial charge is 0.491 e. The Hall–Kier alpha value is -2.37. The van der Waals surface area contributed by atoms with Gasteiger partial charge in [-0.25, -0.2) is 4.39 Å². The number of halogens is 1. The van der Waals surface area contributed by atoms with E-state index in [0.29, 0.717) is 18.2 Å². The Labute approximate surface area is 164 Å². The number of likely N-dealkylation sites (tertiary alicyclic amines) is 1. The SMILES string of the molecule is Cc1[nH]c2ccccc2c1C1CCN(CC(O)COc2ccc(F)cc2)CC1. The first-order chi connectivity index (χ1) is 13.6. The molecule has 4 nitrogen and oxygen atoms in total. The number of piperidine rings is 1. The number of aromatic nitrogens is 1. The van der Waals surface area contributed by atoms with E-state index < -0.39 is 6.10 Å². The molecule has 0 bridgehead atoms. The van der Waals surface area contributed by atoms with E-state index in [1.54, 1.807) is 12.1 Å². The van der Waals surface area contributed by atoms with Gasteiger partial charge in [-0.1, -0.05) is 18.2 Å². The van der Waals surface area contributed by atoms with Gasteiger partial charge in [-0.15, -0.1) is 0 Å². The molecule has 5 heteroatoms. The van der Waals surface area contributed by atoms with E-state index in [4.69, 9.17) is 4.74 Å². The predicted molar refractivity (Wildman–Crippen MR) is 109 cm³/mol. The molecule has 2 heterocycles. The van der Waals surface area contributed by atoms with E-state index >= 15 is 0 Å². The second-order valence-corrected chi connectivity index (χ2v) is 7.70. The number of rotatable bonds is 6. The molecular formula is C23H27FN2O2. The van der Waals surface area contributed by atoms with Crippen LogP contribution < -0.4 is 4.74 Å². The van der Waals surface area contributed by atoms with Crippen molar-refractivity contribution >= 4 is 10.9 Å². The van der Waals surface area contributed by atoms with Crippen LogP contribution in [0.4, 0.5) is 4.39 Å². The van der Waals surface area contributed by atoms with Crippen molar-refractivity contribution in [3.05, 3.63) is 65.6 Å². The van der Waals surface area contributed by atoms with Crippen molar-refractivity contribution < 1.29 is 14.2 Å². The molecule has 1 saturated heterocycles. The van der Waals surface area contributed by atoms with Crippen molar-refractivity contribution in [2.24, 2.45) is 0 Å². The Bertz CT molecular complexity index is 914. The van der Waals surface area contributed by atoms with Gasteiger partial charge in [0.2, 0.25) is 0 Å². The quantitative estimate of drug-likeness (QED) is 0.671. The molecule has 3 aromatic rings. The third kappa shape index (κ3) is 4.21. The molecule has 1 atom stereocenters. The number of para-hydroxylation sites is 1. The van der Waals surface area contributed by atoms with Gasteiger partial charge in [0, 0.05) is 23.1 Å². The van der Waals surface area contributed by atoms with Crippen LogP contribution in [0.2, 0.25) is 0 Å². The van der Waals surface area contributed by atoms with E-state index in [0.717, 1.165) is 25.9 Å². The Morgan fingerprint density at radius 1 is 1.14 bits per heavy atom. The van der Waals surface area contributed by atoms with Crippen LogP contribution in [-0.2, 0) is 0 Å². The average Bonchev–Trinajstić information content (AvgIpc) is 3.04. The minimum atomic E-state index is -0.559. The highest BCUT2D eigenvalue weighted by Gasteiger charge is 2.25. The van der Waals surface area contributed by atoms with Crippen molar-refractivity contribution in [2.75, 3.05) is 26.2 Å². The molecule has 2 N–H and O–H groups in total. The average molecular weight is 382 g/mol. The third-order valence-corrected chi connectivity index (χ3v) is 5.66. The van der Waals surface area contributed by atoms with Crippen molar-refractivity contribution in [1.82, 2.24) is 9.88 Å². The van der Waals surface area contributed by atoms with Crippen LogP contribution in [0, 0.1) is 12.7 Å². The van der Waals surface area contributed by atoms with E-state index in [1.165, 1.54) is 34.3 Å². The number of hydrogen-bond acceptors (Lipinski definition) is 3. The van der Waals surface area contributed by atoms with Gasteiger partial charge >= 0.3 is 0 Å². The highest BCUT2D eigenvalue weighted by Crippen LogP contribution is 2.35. The first-order valence-corrected chi connectivity index (χ1v) is 9.96. The zero-order valence-corrected chi connectivity index (χ0v) is 16.2. The number of H-pyrrole nitrogens is 1. The number of nitrogens with one attached hydrogen (secondary N) is 1. The van der Waals surface area contributed by atoms with E-state index in [-0.39, 0.29) is 12.4 Å². The van der Waals surface area contributed by atoms with E-state index in [9.17, 15) is 9.50 Å². The number of fused-ring (bicyclic) bond motifs is 1. The summed E-state index contributed by atoms with van der Waals surface area (Å²) in [6.07, 6.45) is 1.62. The molecule has 2 aromatic carbocycles. The number of hydrogen-bond donors (Lipinski definition) is 2. The first kappa shape index (κ1) is 19.0. The Balaban J connectivity index is 1.29. The zero-order valence-electron chi connectivity index (χ0n) is 16.2. The van der Waals surface area contributed by atoms with Gasteiger partial charge in [0.05, 0.1) is 0 Å². The van der Waals surface area contributed by atoms with Crippen molar-refractivity contribution in [2.45, 2.75) is 31.8 Å². The summed E-state index contributed by atoms with van der Waals surface area (Å²) in [5.41, 5.74) is 3.94. The smallest absolute Gasteiger partial charge is 0.123 e. The van der Waals surface area contributed by atoms with Crippen LogP contribution >= 0.6 is 0 Å². The van der Waals surface area contributed by atoms with Crippen LogP contribution in [0.3, 0.4) is 0 Å². The molecule has 1 unspecified atom stereocenters. The summed E-state index contributed by atoms with van der Waals surface area (Å²) in [5, 5.41) is 11.6. The Morgan fingerprint density at radius 2 is 1.86 bits per heavy atom. The van der Waals surface area contributed by atoms with E-state index in [2.05, 4.69) is 41.1 Å².